The lowest BCUT2D eigenvalue weighted by atomic mass is 9.97. The van der Waals surface area contributed by atoms with Crippen molar-refractivity contribution in [3.63, 3.8) is 0 Å². The van der Waals surface area contributed by atoms with Crippen LogP contribution in [0.25, 0.3) is 0 Å². The number of nitrogens with zero attached hydrogens (tertiary/aromatic N) is 4. The van der Waals surface area contributed by atoms with Gasteiger partial charge in [0.05, 0.1) is 6.20 Å². The normalized spacial score (nSPS) is 18.6. The lowest BCUT2D eigenvalue weighted by molar-refractivity contribution is 0.0698. The van der Waals surface area contributed by atoms with Crippen LogP contribution in [0.4, 0.5) is 0 Å². The van der Waals surface area contributed by atoms with Crippen LogP contribution in [-0.2, 0) is 0 Å². The monoisotopic (exact) mass is 331 g/mol. The molecule has 3 heterocycles. The van der Waals surface area contributed by atoms with Crippen molar-refractivity contribution in [3.8, 4) is 0 Å². The van der Waals surface area contributed by atoms with Gasteiger partial charge in [0.2, 0.25) is 5.89 Å². The van der Waals surface area contributed by atoms with Gasteiger partial charge in [-0.25, -0.2) is 4.98 Å². The summed E-state index contributed by atoms with van der Waals surface area (Å²) in [6.07, 6.45) is 3.54. The summed E-state index contributed by atoms with van der Waals surface area (Å²) in [5.41, 5.74) is 0.551. The van der Waals surface area contributed by atoms with Gasteiger partial charge in [-0.05, 0) is 12.8 Å². The average Bonchev–Trinajstić information content (AvgIpc) is 3.24. The molecule has 0 radical (unpaired) electrons. The van der Waals surface area contributed by atoms with Crippen LogP contribution in [0.1, 0.15) is 86.3 Å². The Morgan fingerprint density at radius 2 is 2.12 bits per heavy atom. The summed E-state index contributed by atoms with van der Waals surface area (Å²) in [5.74, 6) is 2.82. The minimum Gasteiger partial charge on any atom is -0.339 e. The van der Waals surface area contributed by atoms with Gasteiger partial charge in [0.1, 0.15) is 11.5 Å². The molecule has 24 heavy (non-hydrogen) atoms. The number of aromatic nitrogens is 4. The fraction of sp³-hybridized carbons (Fsp3) is 0.647. The molecule has 3 rings (SSSR count). The van der Waals surface area contributed by atoms with Crippen molar-refractivity contribution >= 4 is 5.91 Å². The number of nitrogens with one attached hydrogen (secondary N) is 1. The van der Waals surface area contributed by atoms with Crippen molar-refractivity contribution < 1.29 is 9.32 Å². The van der Waals surface area contributed by atoms with Gasteiger partial charge in [-0.3, -0.25) is 4.79 Å². The molecular weight excluding hydrogens is 306 g/mol. The van der Waals surface area contributed by atoms with E-state index >= 15 is 0 Å². The second-order valence-corrected chi connectivity index (χ2v) is 7.07. The van der Waals surface area contributed by atoms with Crippen LogP contribution in [0.15, 0.2) is 10.7 Å². The first-order valence-corrected chi connectivity index (χ1v) is 8.63. The van der Waals surface area contributed by atoms with Gasteiger partial charge in [-0.1, -0.05) is 32.9 Å². The molecule has 1 aliphatic heterocycles. The molecule has 130 valence electrons. The lowest BCUT2D eigenvalue weighted by Crippen LogP contribution is -2.39. The molecule has 1 fully saturated rings. The standard InChI is InChI=1S/C17H25N5O2/c1-10(2)14-18-8-13(19-14)17(23)22-7-5-6-12(9-22)15-20-16(11(3)4)24-21-15/h8,10-12H,5-7,9H2,1-4H3,(H,18,19)/t12-/m1/s1. The Hall–Kier alpha value is -2.18. The Morgan fingerprint density at radius 3 is 2.75 bits per heavy atom. The second-order valence-electron chi connectivity index (χ2n) is 7.07. The van der Waals surface area contributed by atoms with Crippen LogP contribution in [0.5, 0.6) is 0 Å². The summed E-state index contributed by atoms with van der Waals surface area (Å²) in [6, 6.07) is 0. The second kappa shape index (κ2) is 6.75. The maximum atomic E-state index is 12.7. The van der Waals surface area contributed by atoms with E-state index in [4.69, 9.17) is 4.52 Å². The summed E-state index contributed by atoms with van der Waals surface area (Å²) < 4.78 is 5.31. The highest BCUT2D eigenvalue weighted by molar-refractivity contribution is 5.92. The number of aromatic amines is 1. The minimum atomic E-state index is -0.00771. The third kappa shape index (κ3) is 3.34. The third-order valence-corrected chi connectivity index (χ3v) is 4.40. The molecule has 2 aromatic heterocycles. The van der Waals surface area contributed by atoms with Gasteiger partial charge in [0.25, 0.3) is 5.91 Å². The molecule has 1 atom stereocenters. The number of H-pyrrole nitrogens is 1. The SMILES string of the molecule is CC(C)c1ncc(C(=O)N2CCC[C@@H](c3noc(C(C)C)n3)C2)[nH]1. The molecule has 1 saturated heterocycles. The van der Waals surface area contributed by atoms with Crippen LogP contribution in [0.3, 0.4) is 0 Å². The van der Waals surface area contributed by atoms with Crippen molar-refractivity contribution in [3.05, 3.63) is 29.4 Å². The number of piperidine rings is 1. The van der Waals surface area contributed by atoms with Crippen molar-refractivity contribution in [1.82, 2.24) is 25.0 Å². The van der Waals surface area contributed by atoms with E-state index in [1.807, 2.05) is 32.6 Å². The first-order chi connectivity index (χ1) is 11.5. The summed E-state index contributed by atoms with van der Waals surface area (Å²) >= 11 is 0. The van der Waals surface area contributed by atoms with Crippen LogP contribution >= 0.6 is 0 Å². The van der Waals surface area contributed by atoms with E-state index in [1.54, 1.807) is 6.20 Å². The molecule has 1 amide bonds. The summed E-state index contributed by atoms with van der Waals surface area (Å²) in [7, 11) is 0. The van der Waals surface area contributed by atoms with E-state index in [-0.39, 0.29) is 23.7 Å². The van der Waals surface area contributed by atoms with Gasteiger partial charge in [-0.2, -0.15) is 4.98 Å². The Bertz CT molecular complexity index is 703. The predicted molar refractivity (Wildman–Crippen MR) is 88.9 cm³/mol. The molecule has 0 spiro atoms. The van der Waals surface area contributed by atoms with E-state index in [1.165, 1.54) is 0 Å². The Balaban J connectivity index is 1.71. The average molecular weight is 331 g/mol. The first kappa shape index (κ1) is 16.7. The van der Waals surface area contributed by atoms with Gasteiger partial charge in [0, 0.05) is 30.8 Å². The van der Waals surface area contributed by atoms with Crippen molar-refractivity contribution in [2.75, 3.05) is 13.1 Å². The number of hydrogen-bond donors (Lipinski definition) is 1. The van der Waals surface area contributed by atoms with Crippen molar-refractivity contribution in [2.24, 2.45) is 0 Å². The first-order valence-electron chi connectivity index (χ1n) is 8.63. The quantitative estimate of drug-likeness (QED) is 0.930. The summed E-state index contributed by atoms with van der Waals surface area (Å²) in [5, 5.41) is 4.11. The van der Waals surface area contributed by atoms with E-state index < -0.39 is 0 Å². The van der Waals surface area contributed by atoms with Crippen LogP contribution in [0, 0.1) is 0 Å². The molecule has 7 nitrogen and oxygen atoms in total. The summed E-state index contributed by atoms with van der Waals surface area (Å²) in [6.45, 7) is 9.52. The highest BCUT2D eigenvalue weighted by Crippen LogP contribution is 2.27. The maximum Gasteiger partial charge on any atom is 0.271 e. The topological polar surface area (TPSA) is 87.9 Å². The molecule has 0 aromatic carbocycles. The number of rotatable bonds is 4. The van der Waals surface area contributed by atoms with Crippen molar-refractivity contribution in [1.29, 1.82) is 0 Å². The molecule has 0 saturated carbocycles. The number of likely N-dealkylation sites (tertiary alicyclic amines) is 1. The molecule has 2 aromatic rings. The number of carbonyl (C=O) groups is 1. The van der Waals surface area contributed by atoms with Gasteiger partial charge < -0.3 is 14.4 Å². The maximum absolute atomic E-state index is 12.7. The molecule has 0 unspecified atom stereocenters. The highest BCUT2D eigenvalue weighted by Gasteiger charge is 2.29. The van der Waals surface area contributed by atoms with Crippen molar-refractivity contribution in [2.45, 2.75) is 58.3 Å². The van der Waals surface area contributed by atoms with Gasteiger partial charge >= 0.3 is 0 Å². The number of hydrogen-bond acceptors (Lipinski definition) is 5. The number of amides is 1. The Kier molecular flexibility index (Phi) is 4.69. The van der Waals surface area contributed by atoms with E-state index in [0.717, 1.165) is 25.2 Å². The largest absolute Gasteiger partial charge is 0.339 e. The fourth-order valence-electron chi connectivity index (χ4n) is 2.93. The van der Waals surface area contributed by atoms with E-state index in [9.17, 15) is 4.79 Å². The van der Waals surface area contributed by atoms with Crippen LogP contribution in [-0.4, -0.2) is 44.0 Å². The zero-order chi connectivity index (χ0) is 17.3. The molecular formula is C17H25N5O2. The molecule has 0 bridgehead atoms. The Morgan fingerprint density at radius 1 is 1.33 bits per heavy atom. The Labute approximate surface area is 141 Å². The number of carbonyl (C=O) groups excluding carboxylic acids is 1. The molecule has 0 aliphatic carbocycles. The summed E-state index contributed by atoms with van der Waals surface area (Å²) in [4.78, 5) is 26.5. The van der Waals surface area contributed by atoms with E-state index in [0.29, 0.717) is 24.0 Å². The zero-order valence-corrected chi connectivity index (χ0v) is 14.7. The highest BCUT2D eigenvalue weighted by atomic mass is 16.5. The van der Waals surface area contributed by atoms with E-state index in [2.05, 4.69) is 20.1 Å². The van der Waals surface area contributed by atoms with Crippen LogP contribution < -0.4 is 0 Å². The molecule has 1 aliphatic rings. The predicted octanol–water partition coefficient (Wildman–Crippen LogP) is 3.06. The van der Waals surface area contributed by atoms with Gasteiger partial charge in [-0.15, -0.1) is 0 Å². The molecule has 1 N–H and O–H groups in total. The fourth-order valence-corrected chi connectivity index (χ4v) is 2.93. The lowest BCUT2D eigenvalue weighted by Gasteiger charge is -2.30. The molecule has 7 heteroatoms. The smallest absolute Gasteiger partial charge is 0.271 e. The zero-order valence-electron chi connectivity index (χ0n) is 14.7. The third-order valence-electron chi connectivity index (χ3n) is 4.40. The van der Waals surface area contributed by atoms with Gasteiger partial charge in [0.15, 0.2) is 5.82 Å². The number of imidazole rings is 1. The van der Waals surface area contributed by atoms with Crippen LogP contribution in [0.2, 0.25) is 0 Å². The minimum absolute atomic E-state index is 0.00771.